The Hall–Kier alpha value is -2.56. The van der Waals surface area contributed by atoms with Crippen LogP contribution in [0.25, 0.3) is 0 Å². The molecule has 0 spiro atoms. The molecule has 8 heteroatoms. The van der Waals surface area contributed by atoms with Crippen molar-refractivity contribution in [3.8, 4) is 6.07 Å². The third kappa shape index (κ3) is 7.25. The highest BCUT2D eigenvalue weighted by Gasteiger charge is 2.36. The summed E-state index contributed by atoms with van der Waals surface area (Å²) in [6.45, 7) is 10.2. The van der Waals surface area contributed by atoms with E-state index in [0.29, 0.717) is 0 Å². The van der Waals surface area contributed by atoms with Gasteiger partial charge in [0.1, 0.15) is 17.2 Å². The molecule has 1 aliphatic rings. The monoisotopic (exact) mass is 351 g/mol. The Morgan fingerprint density at radius 2 is 1.56 bits per heavy atom. The van der Waals surface area contributed by atoms with Gasteiger partial charge in [0.15, 0.2) is 5.78 Å². The van der Waals surface area contributed by atoms with Crippen LogP contribution in [-0.4, -0.2) is 41.3 Å². The molecule has 138 valence electrons. The number of amides is 2. The summed E-state index contributed by atoms with van der Waals surface area (Å²) in [7, 11) is 0. The fourth-order valence-electron chi connectivity index (χ4n) is 2.15. The number of ether oxygens (including phenoxy) is 2. The van der Waals surface area contributed by atoms with Crippen LogP contribution >= 0.6 is 0 Å². The van der Waals surface area contributed by atoms with Crippen LogP contribution in [0.2, 0.25) is 0 Å². The van der Waals surface area contributed by atoms with Gasteiger partial charge in [-0.1, -0.05) is 0 Å². The maximum atomic E-state index is 12.3. The number of hydrogen-bond donors (Lipinski definition) is 2. The Labute approximate surface area is 147 Å². The van der Waals surface area contributed by atoms with E-state index in [-0.39, 0.29) is 12.0 Å². The number of carbonyl (C=O) groups is 3. The molecule has 2 N–H and O–H groups in total. The second-order valence-corrected chi connectivity index (χ2v) is 7.76. The zero-order valence-corrected chi connectivity index (χ0v) is 15.4. The van der Waals surface area contributed by atoms with Crippen LogP contribution in [0.3, 0.4) is 0 Å². The SMILES string of the molecule is CC(C)(C)OC(=O)N[C@H]1CC(C#N)=CC(=O)[C@@H]1NC(=O)OC(C)(C)C. The summed E-state index contributed by atoms with van der Waals surface area (Å²) >= 11 is 0. The molecule has 0 fully saturated rings. The molecule has 0 bridgehead atoms. The maximum absolute atomic E-state index is 12.3. The number of nitriles is 1. The van der Waals surface area contributed by atoms with Crippen molar-refractivity contribution in [1.82, 2.24) is 10.6 Å². The van der Waals surface area contributed by atoms with Crippen LogP contribution in [0, 0.1) is 11.3 Å². The van der Waals surface area contributed by atoms with E-state index >= 15 is 0 Å². The molecule has 0 aromatic rings. The number of carbonyl (C=O) groups excluding carboxylic acids is 3. The van der Waals surface area contributed by atoms with Crippen LogP contribution in [0.1, 0.15) is 48.0 Å². The fraction of sp³-hybridized carbons (Fsp3) is 0.647. The summed E-state index contributed by atoms with van der Waals surface area (Å²) in [4.78, 5) is 36.2. The molecule has 0 saturated heterocycles. The van der Waals surface area contributed by atoms with E-state index in [1.807, 2.05) is 6.07 Å². The van der Waals surface area contributed by atoms with Gasteiger partial charge in [0.05, 0.1) is 12.1 Å². The van der Waals surface area contributed by atoms with Crippen LogP contribution in [0.15, 0.2) is 11.6 Å². The quantitative estimate of drug-likeness (QED) is 0.787. The Morgan fingerprint density at radius 3 is 2.00 bits per heavy atom. The molecule has 0 unspecified atom stereocenters. The zero-order valence-electron chi connectivity index (χ0n) is 15.4. The highest BCUT2D eigenvalue weighted by Crippen LogP contribution is 2.18. The van der Waals surface area contributed by atoms with Gasteiger partial charge in [0.2, 0.25) is 0 Å². The summed E-state index contributed by atoms with van der Waals surface area (Å²) in [5, 5.41) is 14.0. The molecule has 25 heavy (non-hydrogen) atoms. The van der Waals surface area contributed by atoms with E-state index in [9.17, 15) is 14.4 Å². The van der Waals surface area contributed by atoms with Crippen LogP contribution in [0.5, 0.6) is 0 Å². The van der Waals surface area contributed by atoms with Gasteiger partial charge in [-0.05, 0) is 47.6 Å². The lowest BCUT2D eigenvalue weighted by atomic mass is 9.90. The van der Waals surface area contributed by atoms with Crippen molar-refractivity contribution in [2.24, 2.45) is 0 Å². The van der Waals surface area contributed by atoms with Crippen molar-refractivity contribution in [3.05, 3.63) is 11.6 Å². The largest absolute Gasteiger partial charge is 0.444 e. The third-order valence-corrected chi connectivity index (χ3v) is 2.98. The Morgan fingerprint density at radius 1 is 1.08 bits per heavy atom. The first-order valence-corrected chi connectivity index (χ1v) is 7.94. The highest BCUT2D eigenvalue weighted by atomic mass is 16.6. The minimum absolute atomic E-state index is 0.0992. The number of hydrogen-bond acceptors (Lipinski definition) is 6. The second-order valence-electron chi connectivity index (χ2n) is 7.76. The van der Waals surface area contributed by atoms with Gasteiger partial charge in [0, 0.05) is 12.0 Å². The number of nitrogens with zero attached hydrogens (tertiary/aromatic N) is 1. The molecule has 0 radical (unpaired) electrons. The summed E-state index contributed by atoms with van der Waals surface area (Å²) in [5.41, 5.74) is -1.23. The minimum atomic E-state index is -1.04. The summed E-state index contributed by atoms with van der Waals surface area (Å²) < 4.78 is 10.3. The van der Waals surface area contributed by atoms with Crippen molar-refractivity contribution < 1.29 is 23.9 Å². The molecule has 2 amide bonds. The van der Waals surface area contributed by atoms with Gasteiger partial charge in [0.25, 0.3) is 0 Å². The first-order chi connectivity index (χ1) is 11.3. The molecule has 0 saturated carbocycles. The van der Waals surface area contributed by atoms with Crippen molar-refractivity contribution in [1.29, 1.82) is 5.26 Å². The van der Waals surface area contributed by atoms with Gasteiger partial charge >= 0.3 is 12.2 Å². The molecular weight excluding hydrogens is 326 g/mol. The molecule has 0 aromatic heterocycles. The lowest BCUT2D eigenvalue weighted by Gasteiger charge is -2.31. The van der Waals surface area contributed by atoms with E-state index in [0.717, 1.165) is 6.08 Å². The molecule has 0 aliphatic heterocycles. The lowest BCUT2D eigenvalue weighted by Crippen LogP contribution is -2.58. The molecule has 1 rings (SSSR count). The fourth-order valence-corrected chi connectivity index (χ4v) is 2.15. The minimum Gasteiger partial charge on any atom is -0.444 e. The Kier molecular flexibility index (Phi) is 6.19. The van der Waals surface area contributed by atoms with Gasteiger partial charge < -0.3 is 20.1 Å². The molecule has 0 heterocycles. The Bertz CT molecular complexity index is 620. The summed E-state index contributed by atoms with van der Waals surface area (Å²) in [5.74, 6) is -0.491. The Balaban J connectivity index is 2.91. The van der Waals surface area contributed by atoms with E-state index in [1.165, 1.54) is 0 Å². The van der Waals surface area contributed by atoms with Crippen molar-refractivity contribution in [3.63, 3.8) is 0 Å². The lowest BCUT2D eigenvalue weighted by molar-refractivity contribution is -0.117. The molecule has 8 nitrogen and oxygen atoms in total. The van der Waals surface area contributed by atoms with Crippen molar-refractivity contribution in [2.45, 2.75) is 71.2 Å². The number of alkyl carbamates (subject to hydrolysis) is 2. The van der Waals surface area contributed by atoms with Crippen molar-refractivity contribution >= 4 is 18.0 Å². The topological polar surface area (TPSA) is 118 Å². The normalized spacial score (nSPS) is 20.8. The van der Waals surface area contributed by atoms with E-state index in [2.05, 4.69) is 10.6 Å². The van der Waals surface area contributed by atoms with Gasteiger partial charge in [-0.25, -0.2) is 9.59 Å². The molecule has 0 aromatic carbocycles. The zero-order chi connectivity index (χ0) is 19.4. The van der Waals surface area contributed by atoms with E-state index in [1.54, 1.807) is 41.5 Å². The van der Waals surface area contributed by atoms with Gasteiger partial charge in [-0.2, -0.15) is 5.26 Å². The summed E-state index contributed by atoms with van der Waals surface area (Å²) in [6, 6.07) is 0.0493. The number of rotatable bonds is 2. The first kappa shape index (κ1) is 20.5. The van der Waals surface area contributed by atoms with Crippen LogP contribution in [-0.2, 0) is 14.3 Å². The van der Waals surface area contributed by atoms with E-state index < -0.39 is 41.3 Å². The van der Waals surface area contributed by atoms with Crippen LogP contribution in [0.4, 0.5) is 9.59 Å². The molecular formula is C17H25N3O5. The highest BCUT2D eigenvalue weighted by molar-refractivity contribution is 5.99. The first-order valence-electron chi connectivity index (χ1n) is 7.94. The van der Waals surface area contributed by atoms with Gasteiger partial charge in [-0.15, -0.1) is 0 Å². The average Bonchev–Trinajstić information content (AvgIpc) is 2.37. The van der Waals surface area contributed by atoms with E-state index in [4.69, 9.17) is 14.7 Å². The standard InChI is InChI=1S/C17H25N3O5/c1-16(2,3)24-14(22)19-11-7-10(9-18)8-12(21)13(11)20-15(23)25-17(4,5)6/h8,11,13H,7H2,1-6H3,(H,19,22)(H,20,23)/t11-,13+/m0/s1. The molecule has 1 aliphatic carbocycles. The number of ketones is 1. The smallest absolute Gasteiger partial charge is 0.408 e. The molecule has 2 atom stereocenters. The van der Waals surface area contributed by atoms with Gasteiger partial charge in [-0.3, -0.25) is 4.79 Å². The van der Waals surface area contributed by atoms with Crippen molar-refractivity contribution in [2.75, 3.05) is 0 Å². The average molecular weight is 351 g/mol. The third-order valence-electron chi connectivity index (χ3n) is 2.98. The van der Waals surface area contributed by atoms with Crippen LogP contribution < -0.4 is 10.6 Å². The number of nitrogens with one attached hydrogen (secondary N) is 2. The maximum Gasteiger partial charge on any atom is 0.408 e. The summed E-state index contributed by atoms with van der Waals surface area (Å²) in [6.07, 6.45) is -0.256. The predicted molar refractivity (Wildman–Crippen MR) is 89.6 cm³/mol. The second kappa shape index (κ2) is 7.55. The predicted octanol–water partition coefficient (Wildman–Crippen LogP) is 2.20.